The number of benzene rings is 4. The Hall–Kier alpha value is -2.75. The second-order valence-electron chi connectivity index (χ2n) is 11.8. The molecule has 3 aliphatic rings. The number of rotatable bonds is 6. The van der Waals surface area contributed by atoms with Crippen molar-refractivity contribution in [2.45, 2.75) is 38.2 Å². The van der Waals surface area contributed by atoms with E-state index in [1.165, 1.54) is 49.3 Å². The number of hydrogen-bond donors (Lipinski definition) is 0. The van der Waals surface area contributed by atoms with Gasteiger partial charge in [-0.25, -0.2) is 0 Å². The fraction of sp³-hybridized carbons (Fsp3) is 0.243. The predicted octanol–water partition coefficient (Wildman–Crippen LogP) is 4.06. The van der Waals surface area contributed by atoms with Crippen LogP contribution in [0, 0.1) is 0 Å². The second-order valence-corrected chi connectivity index (χ2v) is 19.0. The molecule has 1 heterocycles. The summed E-state index contributed by atoms with van der Waals surface area (Å²) in [4.78, 5) is 0. The van der Waals surface area contributed by atoms with Crippen LogP contribution in [0.15, 0.2) is 96.1 Å². The standard InChI is InChI=1S/2C17H15O.C3H6.2ClH.Ti/c2*1-12-10-14-4-3-5-16(17(14)11-12)13-6-8-15(18-2)9-7-13;1-3-2;;;/h2*3-11H,1-2H3;1-3H2;2*1H;/q;;;;;+2/p-2. The molecule has 0 spiro atoms. The number of methoxy groups -OCH3 is 2. The zero-order valence-electron chi connectivity index (χ0n) is 24.6. The molecule has 1 aliphatic heterocycles. The fourth-order valence-electron chi connectivity index (χ4n) is 8.00. The van der Waals surface area contributed by atoms with Gasteiger partial charge in [0.15, 0.2) is 0 Å². The first-order valence-corrected chi connectivity index (χ1v) is 18.5. The molecular weight excluding hydrogens is 595 g/mol. The largest absolute Gasteiger partial charge is 1.00 e. The third kappa shape index (κ3) is 4.78. The molecular formula is C37H36Cl2O2Ti. The fourth-order valence-corrected chi connectivity index (χ4v) is 18.0. The Kier molecular flexibility index (Phi) is 8.84. The van der Waals surface area contributed by atoms with Crippen LogP contribution in [0.1, 0.15) is 51.0 Å². The normalized spacial score (nSPS) is 18.5. The van der Waals surface area contributed by atoms with E-state index in [2.05, 4.69) is 111 Å². The Bertz CT molecular complexity index is 1550. The van der Waals surface area contributed by atoms with Crippen LogP contribution in [0.3, 0.4) is 0 Å². The van der Waals surface area contributed by atoms with Crippen LogP contribution in [0.5, 0.6) is 11.5 Å². The summed E-state index contributed by atoms with van der Waals surface area (Å²) in [5, 5.41) is 0. The van der Waals surface area contributed by atoms with E-state index in [9.17, 15) is 0 Å². The zero-order valence-corrected chi connectivity index (χ0v) is 27.7. The average Bonchev–Trinajstić information content (AvgIpc) is 3.49. The number of fused-ring (bicyclic) bond motifs is 2. The van der Waals surface area contributed by atoms with Crippen molar-refractivity contribution in [2.75, 3.05) is 14.2 Å². The summed E-state index contributed by atoms with van der Waals surface area (Å²) in [5.41, 5.74) is 14.5. The first-order valence-electron chi connectivity index (χ1n) is 14.4. The van der Waals surface area contributed by atoms with Crippen molar-refractivity contribution in [3.05, 3.63) is 118 Å². The van der Waals surface area contributed by atoms with Crippen LogP contribution in [0.4, 0.5) is 0 Å². The molecule has 2 aliphatic carbocycles. The average molecular weight is 631 g/mol. The molecule has 2 unspecified atom stereocenters. The molecule has 4 aromatic rings. The molecule has 7 rings (SSSR count). The molecule has 214 valence electrons. The SMILES string of the molecule is COc1ccc(-c2cccc3c2C=C(C)[CH]3[Ti+2]2([CH]3C(C)=Cc4c(-c5ccc(OC)cc5)cccc43)[CH2]C[CH2]2)cc1.[Cl-].[Cl-]. The van der Waals surface area contributed by atoms with Crippen molar-refractivity contribution in [3.63, 3.8) is 0 Å². The van der Waals surface area contributed by atoms with Gasteiger partial charge in [0.2, 0.25) is 0 Å². The van der Waals surface area contributed by atoms with Gasteiger partial charge >= 0.3 is 243 Å². The molecule has 5 heteroatoms. The Morgan fingerprint density at radius 3 is 1.31 bits per heavy atom. The Morgan fingerprint density at radius 2 is 0.976 bits per heavy atom. The smallest absolute Gasteiger partial charge is 1.00 e. The minimum absolute atomic E-state index is 0. The minimum atomic E-state index is -2.45. The molecule has 42 heavy (non-hydrogen) atoms. The zero-order chi connectivity index (χ0) is 27.4. The third-order valence-corrected chi connectivity index (χ3v) is 19.8. The molecule has 4 aromatic carbocycles. The summed E-state index contributed by atoms with van der Waals surface area (Å²) in [6.07, 6.45) is 6.43. The van der Waals surface area contributed by atoms with Gasteiger partial charge in [0.1, 0.15) is 0 Å². The second kappa shape index (κ2) is 12.1. The van der Waals surface area contributed by atoms with Crippen molar-refractivity contribution in [3.8, 4) is 33.8 Å². The number of ether oxygens (including phenoxy) is 2. The first-order chi connectivity index (χ1) is 19.5. The van der Waals surface area contributed by atoms with E-state index in [1.807, 2.05) is 0 Å². The Balaban J connectivity index is 0.00000176. The summed E-state index contributed by atoms with van der Waals surface area (Å²) >= 11 is -2.45. The topological polar surface area (TPSA) is 18.5 Å². The van der Waals surface area contributed by atoms with E-state index in [0.717, 1.165) is 11.5 Å². The van der Waals surface area contributed by atoms with Gasteiger partial charge in [-0.05, 0) is 0 Å². The Labute approximate surface area is 266 Å². The van der Waals surface area contributed by atoms with Crippen molar-refractivity contribution in [1.29, 1.82) is 0 Å². The van der Waals surface area contributed by atoms with Gasteiger partial charge in [0, 0.05) is 0 Å². The molecule has 1 fully saturated rings. The summed E-state index contributed by atoms with van der Waals surface area (Å²) in [6, 6.07) is 31.2. The molecule has 0 aromatic heterocycles. The van der Waals surface area contributed by atoms with Crippen LogP contribution in [0.25, 0.3) is 34.4 Å². The summed E-state index contributed by atoms with van der Waals surface area (Å²) in [5.74, 6) is 1.81. The van der Waals surface area contributed by atoms with Crippen molar-refractivity contribution >= 4 is 12.2 Å². The van der Waals surface area contributed by atoms with E-state index in [4.69, 9.17) is 9.47 Å². The van der Waals surface area contributed by atoms with Crippen LogP contribution in [-0.2, 0) is 16.6 Å². The molecule has 0 N–H and O–H groups in total. The predicted molar refractivity (Wildman–Crippen MR) is 164 cm³/mol. The molecule has 2 nitrogen and oxygen atoms in total. The van der Waals surface area contributed by atoms with Gasteiger partial charge in [-0.2, -0.15) is 0 Å². The van der Waals surface area contributed by atoms with E-state index in [-0.39, 0.29) is 24.8 Å². The summed E-state index contributed by atoms with van der Waals surface area (Å²) in [6.45, 7) is 4.83. The molecule has 0 amide bonds. The maximum atomic E-state index is 5.43. The van der Waals surface area contributed by atoms with E-state index < -0.39 is 16.6 Å². The van der Waals surface area contributed by atoms with Crippen LogP contribution in [-0.4, -0.2) is 14.2 Å². The molecule has 0 radical (unpaired) electrons. The van der Waals surface area contributed by atoms with Gasteiger partial charge in [-0.15, -0.1) is 0 Å². The van der Waals surface area contributed by atoms with Crippen LogP contribution in [0.2, 0.25) is 9.45 Å². The maximum Gasteiger partial charge on any atom is -1.00 e. The number of halogens is 2. The third-order valence-electron chi connectivity index (χ3n) is 9.79. The summed E-state index contributed by atoms with van der Waals surface area (Å²) in [7, 11) is 3.46. The quantitative estimate of drug-likeness (QED) is 0.299. The van der Waals surface area contributed by atoms with Gasteiger partial charge in [-0.1, -0.05) is 0 Å². The minimum Gasteiger partial charge on any atom is -1.00 e. The number of hydrogen-bond acceptors (Lipinski definition) is 2. The molecule has 0 saturated carbocycles. The number of allylic oxidation sites excluding steroid dienone is 2. The van der Waals surface area contributed by atoms with Gasteiger partial charge in [-0.3, -0.25) is 0 Å². The molecule has 1 saturated heterocycles. The van der Waals surface area contributed by atoms with E-state index in [1.54, 1.807) is 36.5 Å². The first kappa shape index (κ1) is 30.7. The van der Waals surface area contributed by atoms with Crippen molar-refractivity contribution < 1.29 is 50.9 Å². The molecule has 0 bridgehead atoms. The maximum absolute atomic E-state index is 5.43. The summed E-state index contributed by atoms with van der Waals surface area (Å²) < 4.78 is 15.0. The van der Waals surface area contributed by atoms with Crippen molar-refractivity contribution in [2.24, 2.45) is 0 Å². The van der Waals surface area contributed by atoms with E-state index >= 15 is 0 Å². The van der Waals surface area contributed by atoms with Crippen LogP contribution >= 0.6 is 0 Å². The van der Waals surface area contributed by atoms with Gasteiger partial charge in [0.05, 0.1) is 0 Å². The van der Waals surface area contributed by atoms with Gasteiger partial charge < -0.3 is 24.8 Å². The van der Waals surface area contributed by atoms with Crippen LogP contribution < -0.4 is 34.3 Å². The van der Waals surface area contributed by atoms with Crippen molar-refractivity contribution in [1.82, 2.24) is 0 Å². The van der Waals surface area contributed by atoms with E-state index in [0.29, 0.717) is 8.45 Å². The monoisotopic (exact) mass is 630 g/mol. The van der Waals surface area contributed by atoms with Gasteiger partial charge in [0.25, 0.3) is 0 Å². The Morgan fingerprint density at radius 1 is 0.571 bits per heavy atom. The molecule has 2 atom stereocenters.